The van der Waals surface area contributed by atoms with Gasteiger partial charge in [-0.1, -0.05) is 0 Å². The van der Waals surface area contributed by atoms with Crippen LogP contribution in [0.25, 0.3) is 0 Å². The van der Waals surface area contributed by atoms with Crippen molar-refractivity contribution < 1.29 is 29.9 Å². The van der Waals surface area contributed by atoms with E-state index in [1.54, 1.807) is 0 Å². The van der Waals surface area contributed by atoms with Crippen LogP contribution in [0.5, 0.6) is 0 Å². The molecule has 0 aromatic carbocycles. The van der Waals surface area contributed by atoms with E-state index in [-0.39, 0.29) is 0 Å². The summed E-state index contributed by atoms with van der Waals surface area (Å²) in [5.41, 5.74) is 0. The first kappa shape index (κ1) is 10.8. The molecule has 1 fully saturated rings. The van der Waals surface area contributed by atoms with Gasteiger partial charge < -0.3 is 29.9 Å². The molecule has 0 radical (unpaired) electrons. The highest BCUT2D eigenvalue weighted by Gasteiger charge is 2.43. The molecule has 0 aromatic rings. The Hall–Kier alpha value is -0.240. The molecule has 0 spiro atoms. The van der Waals surface area contributed by atoms with Crippen molar-refractivity contribution in [2.45, 2.75) is 30.7 Å². The maximum atomic E-state index is 9.44. The van der Waals surface area contributed by atoms with Gasteiger partial charge in [-0.15, -0.1) is 0 Å². The Morgan fingerprint density at radius 3 is 2.31 bits per heavy atom. The van der Waals surface area contributed by atoms with Gasteiger partial charge in [0, 0.05) is 7.11 Å². The fourth-order valence-electron chi connectivity index (χ4n) is 1.35. The summed E-state index contributed by atoms with van der Waals surface area (Å²) in [5, 5.41) is 36.6. The van der Waals surface area contributed by atoms with Gasteiger partial charge in [0.15, 0.2) is 6.29 Å². The van der Waals surface area contributed by atoms with Crippen LogP contribution in [-0.2, 0) is 9.47 Å². The third-order valence-corrected chi connectivity index (χ3v) is 2.11. The van der Waals surface area contributed by atoms with Crippen LogP contribution >= 0.6 is 0 Å². The molecule has 0 aromatic heterocycles. The lowest BCUT2D eigenvalue weighted by molar-refractivity contribution is -0.290. The Balaban J connectivity index is 2.69. The van der Waals surface area contributed by atoms with E-state index < -0.39 is 37.3 Å². The van der Waals surface area contributed by atoms with Crippen molar-refractivity contribution >= 4 is 0 Å². The minimum atomic E-state index is -1.44. The van der Waals surface area contributed by atoms with Crippen LogP contribution in [0.2, 0.25) is 0 Å². The maximum absolute atomic E-state index is 9.44. The first-order valence-electron chi connectivity index (χ1n) is 3.95. The normalized spacial score (nSPS) is 46.4. The van der Waals surface area contributed by atoms with Crippen molar-refractivity contribution in [1.82, 2.24) is 0 Å². The molecule has 1 aliphatic heterocycles. The van der Waals surface area contributed by atoms with E-state index in [1.165, 1.54) is 7.11 Å². The lowest BCUT2D eigenvalue weighted by Gasteiger charge is -2.39. The molecule has 1 saturated heterocycles. The highest BCUT2D eigenvalue weighted by Crippen LogP contribution is 2.21. The number of aliphatic hydroxyl groups excluding tert-OH is 4. The summed E-state index contributed by atoms with van der Waals surface area (Å²) < 4.78 is 9.48. The fraction of sp³-hybridized carbons (Fsp3) is 1.00. The molecule has 6 heteroatoms. The summed E-state index contributed by atoms with van der Waals surface area (Å²) in [7, 11) is 1.30. The van der Waals surface area contributed by atoms with E-state index in [2.05, 4.69) is 0 Å². The summed E-state index contributed by atoms with van der Waals surface area (Å²) in [5.74, 6) is 0. The van der Waals surface area contributed by atoms with Gasteiger partial charge >= 0.3 is 0 Å². The van der Waals surface area contributed by atoms with Gasteiger partial charge in [-0.2, -0.15) is 0 Å². The molecule has 0 saturated carbocycles. The number of hydrogen-bond acceptors (Lipinski definition) is 6. The molecule has 6 nitrogen and oxygen atoms in total. The molecular weight excluding hydrogens is 180 g/mol. The monoisotopic (exact) mass is 194 g/mol. The predicted octanol–water partition coefficient (Wildman–Crippen LogP) is -2.57. The second-order valence-electron chi connectivity index (χ2n) is 2.93. The molecule has 1 heterocycles. The zero-order chi connectivity index (χ0) is 10.0. The Labute approximate surface area is 75.3 Å². The average Bonchev–Trinajstić information content (AvgIpc) is 2.12. The Bertz CT molecular complexity index is 163. The lowest BCUT2D eigenvalue weighted by Crippen LogP contribution is -2.59. The molecular formula is C7H14O6. The van der Waals surface area contributed by atoms with Gasteiger partial charge in [-0.25, -0.2) is 0 Å². The van der Waals surface area contributed by atoms with Gasteiger partial charge in [0.25, 0.3) is 0 Å². The summed E-state index contributed by atoms with van der Waals surface area (Å²) >= 11 is 0. The molecule has 0 aliphatic carbocycles. The molecule has 1 rings (SSSR count). The van der Waals surface area contributed by atoms with Crippen molar-refractivity contribution in [1.29, 1.82) is 0 Å². The molecule has 78 valence electrons. The summed E-state index contributed by atoms with van der Waals surface area (Å²) in [6, 6.07) is 0. The van der Waals surface area contributed by atoms with E-state index in [1.807, 2.05) is 0 Å². The first-order valence-corrected chi connectivity index (χ1v) is 3.95. The van der Waals surface area contributed by atoms with Crippen molar-refractivity contribution in [3.05, 3.63) is 0 Å². The van der Waals surface area contributed by atoms with E-state index in [0.717, 1.165) is 0 Å². The number of methoxy groups -OCH3 is 1. The number of aliphatic hydroxyl groups is 4. The van der Waals surface area contributed by atoms with Crippen LogP contribution in [0.3, 0.4) is 0 Å². The van der Waals surface area contributed by atoms with Crippen molar-refractivity contribution in [3.63, 3.8) is 0 Å². The van der Waals surface area contributed by atoms with E-state index in [4.69, 9.17) is 19.7 Å². The van der Waals surface area contributed by atoms with Crippen LogP contribution in [0.1, 0.15) is 0 Å². The maximum Gasteiger partial charge on any atom is 0.184 e. The summed E-state index contributed by atoms with van der Waals surface area (Å²) in [6.07, 6.45) is -5.76. The van der Waals surface area contributed by atoms with Gasteiger partial charge in [0.2, 0.25) is 0 Å². The van der Waals surface area contributed by atoms with Crippen LogP contribution < -0.4 is 0 Å². The van der Waals surface area contributed by atoms with Crippen molar-refractivity contribution in [2.24, 2.45) is 0 Å². The Morgan fingerprint density at radius 2 is 1.85 bits per heavy atom. The third kappa shape index (κ3) is 1.98. The summed E-state index contributed by atoms with van der Waals surface area (Å²) in [4.78, 5) is 0. The number of hydrogen-bond donors (Lipinski definition) is 4. The minimum absolute atomic E-state index is 0.440. The van der Waals surface area contributed by atoms with Gasteiger partial charge in [0.05, 0.1) is 6.61 Å². The smallest absolute Gasteiger partial charge is 0.184 e. The lowest BCUT2D eigenvalue weighted by atomic mass is 9.99. The molecule has 13 heavy (non-hydrogen) atoms. The fourth-order valence-corrected chi connectivity index (χ4v) is 1.35. The van der Waals surface area contributed by atoms with E-state index >= 15 is 0 Å². The van der Waals surface area contributed by atoms with Gasteiger partial charge in [-0.05, 0) is 0 Å². The third-order valence-electron chi connectivity index (χ3n) is 2.11. The van der Waals surface area contributed by atoms with Crippen LogP contribution in [0.15, 0.2) is 0 Å². The molecule has 5 atom stereocenters. The van der Waals surface area contributed by atoms with Crippen molar-refractivity contribution in [3.8, 4) is 0 Å². The number of ether oxygens (including phenoxy) is 2. The Kier molecular flexibility index (Phi) is 3.60. The second kappa shape index (κ2) is 4.32. The quantitative estimate of drug-likeness (QED) is 0.386. The zero-order valence-corrected chi connectivity index (χ0v) is 7.20. The first-order chi connectivity index (χ1) is 6.11. The van der Waals surface area contributed by atoms with E-state index in [9.17, 15) is 10.2 Å². The molecule has 0 amide bonds. The predicted molar refractivity (Wildman–Crippen MR) is 40.8 cm³/mol. The largest absolute Gasteiger partial charge is 0.394 e. The van der Waals surface area contributed by atoms with Crippen LogP contribution in [0, 0.1) is 0 Å². The average molecular weight is 194 g/mol. The highest BCUT2D eigenvalue weighted by molar-refractivity contribution is 4.89. The number of rotatable bonds is 2. The second-order valence-corrected chi connectivity index (χ2v) is 2.93. The zero-order valence-electron chi connectivity index (χ0n) is 7.20. The van der Waals surface area contributed by atoms with Gasteiger partial charge in [0.1, 0.15) is 24.4 Å². The minimum Gasteiger partial charge on any atom is -0.394 e. The standard InChI is InChI=1S/C7H14O6/c1-12-6-4(9)3(2-8)13-7(11)5(6)10/h3-11H,2H2,1H3/t3-,4-,5-,6-,7-/m1/s1. The van der Waals surface area contributed by atoms with Crippen LogP contribution in [-0.4, -0.2) is 64.8 Å². The van der Waals surface area contributed by atoms with Gasteiger partial charge in [-0.3, -0.25) is 0 Å². The van der Waals surface area contributed by atoms with E-state index in [0.29, 0.717) is 0 Å². The molecule has 0 bridgehead atoms. The molecule has 0 unspecified atom stereocenters. The summed E-state index contributed by atoms with van der Waals surface area (Å²) in [6.45, 7) is -0.440. The topological polar surface area (TPSA) is 99.4 Å². The molecule has 4 N–H and O–H groups in total. The SMILES string of the molecule is CO[C@H]1[C@@H](O)[C@H](O)O[C@H](CO)[C@H]1O. The molecule has 1 aliphatic rings. The Morgan fingerprint density at radius 1 is 1.23 bits per heavy atom. The van der Waals surface area contributed by atoms with Crippen molar-refractivity contribution in [2.75, 3.05) is 13.7 Å². The van der Waals surface area contributed by atoms with Crippen LogP contribution in [0.4, 0.5) is 0 Å². The highest BCUT2D eigenvalue weighted by atomic mass is 16.6.